The van der Waals surface area contributed by atoms with Crippen molar-refractivity contribution in [1.29, 1.82) is 0 Å². The molecule has 0 aliphatic carbocycles. The van der Waals surface area contributed by atoms with Gasteiger partial charge in [-0.3, -0.25) is 4.79 Å². The van der Waals surface area contributed by atoms with Gasteiger partial charge in [0.25, 0.3) is 5.91 Å². The van der Waals surface area contributed by atoms with Gasteiger partial charge in [-0.1, -0.05) is 42.5 Å². The lowest BCUT2D eigenvalue weighted by Gasteiger charge is -2.10. The van der Waals surface area contributed by atoms with Crippen LogP contribution >= 0.6 is 0 Å². The van der Waals surface area contributed by atoms with Gasteiger partial charge in [-0.05, 0) is 35.9 Å². The van der Waals surface area contributed by atoms with Gasteiger partial charge < -0.3 is 14.5 Å². The molecule has 0 spiro atoms. The lowest BCUT2D eigenvalue weighted by molar-refractivity contribution is 0.102. The van der Waals surface area contributed by atoms with Crippen molar-refractivity contribution in [2.24, 2.45) is 0 Å². The average molecular weight is 423 g/mol. The summed E-state index contributed by atoms with van der Waals surface area (Å²) >= 11 is 0. The molecule has 0 unspecified atom stereocenters. The molecule has 3 heterocycles. The van der Waals surface area contributed by atoms with E-state index >= 15 is 0 Å². The van der Waals surface area contributed by atoms with Gasteiger partial charge in [0.2, 0.25) is 0 Å². The molecular formula is C25H21N5O2. The number of carbonyl (C=O) groups is 1. The van der Waals surface area contributed by atoms with E-state index in [0.717, 1.165) is 16.9 Å². The van der Waals surface area contributed by atoms with E-state index in [1.54, 1.807) is 35.1 Å². The number of hydrogen-bond donors (Lipinski definition) is 1. The maximum Gasteiger partial charge on any atom is 0.256 e. The molecule has 158 valence electrons. The van der Waals surface area contributed by atoms with Crippen LogP contribution in [0.25, 0.3) is 5.65 Å². The number of nitrogens with zero attached hydrogens (tertiary/aromatic N) is 4. The smallest absolute Gasteiger partial charge is 0.256 e. The summed E-state index contributed by atoms with van der Waals surface area (Å²) in [5.41, 5.74) is 3.29. The Morgan fingerprint density at radius 3 is 2.72 bits per heavy atom. The first-order valence-corrected chi connectivity index (χ1v) is 10.3. The Labute approximate surface area is 184 Å². The van der Waals surface area contributed by atoms with Crippen LogP contribution in [0.1, 0.15) is 21.6 Å². The summed E-state index contributed by atoms with van der Waals surface area (Å²) in [6, 6.07) is 24.7. The first kappa shape index (κ1) is 19.6. The second kappa shape index (κ2) is 8.77. The topological polar surface area (TPSA) is 73.5 Å². The largest absolute Gasteiger partial charge is 0.487 e. The van der Waals surface area contributed by atoms with E-state index in [4.69, 9.17) is 4.74 Å². The third-order valence-corrected chi connectivity index (χ3v) is 5.03. The van der Waals surface area contributed by atoms with E-state index in [9.17, 15) is 4.79 Å². The number of nitrogens with one attached hydrogen (secondary N) is 1. The fourth-order valence-corrected chi connectivity index (χ4v) is 3.45. The molecule has 7 heteroatoms. The third kappa shape index (κ3) is 4.37. The number of hydrogen-bond acceptors (Lipinski definition) is 4. The number of carbonyl (C=O) groups excluding carboxylic acids is 1. The number of pyridine rings is 1. The van der Waals surface area contributed by atoms with Crippen molar-refractivity contribution in [3.05, 3.63) is 114 Å². The fourth-order valence-electron chi connectivity index (χ4n) is 3.45. The molecule has 0 aliphatic rings. The highest BCUT2D eigenvalue weighted by atomic mass is 16.5. The summed E-state index contributed by atoms with van der Waals surface area (Å²) in [4.78, 5) is 17.4. The number of ether oxygens (including phenoxy) is 1. The molecule has 0 fully saturated rings. The predicted octanol–water partition coefficient (Wildman–Crippen LogP) is 4.41. The maximum absolute atomic E-state index is 12.8. The molecule has 0 radical (unpaired) electrons. The van der Waals surface area contributed by atoms with Gasteiger partial charge in [-0.15, -0.1) is 0 Å². The number of aromatic nitrogens is 4. The van der Waals surface area contributed by atoms with E-state index in [1.807, 2.05) is 71.4 Å². The molecule has 1 N–H and O–H groups in total. The zero-order valence-corrected chi connectivity index (χ0v) is 17.3. The van der Waals surface area contributed by atoms with Crippen LogP contribution in [0.2, 0.25) is 0 Å². The van der Waals surface area contributed by atoms with E-state index in [1.165, 1.54) is 0 Å². The van der Waals surface area contributed by atoms with E-state index < -0.39 is 0 Å². The maximum atomic E-state index is 12.8. The Kier molecular flexibility index (Phi) is 5.36. The van der Waals surface area contributed by atoms with Crippen LogP contribution in [0.4, 0.5) is 5.82 Å². The van der Waals surface area contributed by atoms with Gasteiger partial charge >= 0.3 is 0 Å². The predicted molar refractivity (Wildman–Crippen MR) is 122 cm³/mol. The Balaban J connectivity index is 1.25. The minimum Gasteiger partial charge on any atom is -0.487 e. The van der Waals surface area contributed by atoms with Crippen molar-refractivity contribution < 1.29 is 9.53 Å². The zero-order chi connectivity index (χ0) is 21.8. The van der Waals surface area contributed by atoms with Gasteiger partial charge in [-0.2, -0.15) is 5.10 Å². The summed E-state index contributed by atoms with van der Waals surface area (Å²) in [7, 11) is 0. The Morgan fingerprint density at radius 1 is 0.969 bits per heavy atom. The molecular weight excluding hydrogens is 402 g/mol. The Morgan fingerprint density at radius 2 is 1.84 bits per heavy atom. The number of benzene rings is 2. The molecule has 0 saturated carbocycles. The van der Waals surface area contributed by atoms with Gasteiger partial charge in [0.1, 0.15) is 23.8 Å². The van der Waals surface area contributed by atoms with Crippen LogP contribution < -0.4 is 10.1 Å². The van der Waals surface area contributed by atoms with Crippen molar-refractivity contribution >= 4 is 17.4 Å². The summed E-state index contributed by atoms with van der Waals surface area (Å²) in [6.07, 6.45) is 5.55. The fraction of sp³-hybridized carbons (Fsp3) is 0.0800. The average Bonchev–Trinajstić information content (AvgIpc) is 3.45. The molecule has 5 aromatic rings. The van der Waals surface area contributed by atoms with Crippen molar-refractivity contribution in [3.8, 4) is 5.75 Å². The van der Waals surface area contributed by atoms with Crippen LogP contribution in [0.15, 0.2) is 97.5 Å². The van der Waals surface area contributed by atoms with Crippen LogP contribution in [0, 0.1) is 0 Å². The minimum absolute atomic E-state index is 0.224. The summed E-state index contributed by atoms with van der Waals surface area (Å²) < 4.78 is 9.58. The van der Waals surface area contributed by atoms with Crippen LogP contribution in [-0.4, -0.2) is 25.1 Å². The minimum atomic E-state index is -0.224. The van der Waals surface area contributed by atoms with Crippen LogP contribution in [0.5, 0.6) is 5.75 Å². The molecule has 1 amide bonds. The molecule has 0 atom stereocenters. The molecule has 0 aliphatic heterocycles. The highest BCUT2D eigenvalue weighted by molar-refractivity contribution is 6.04. The third-order valence-electron chi connectivity index (χ3n) is 5.03. The van der Waals surface area contributed by atoms with Crippen molar-refractivity contribution in [2.45, 2.75) is 13.2 Å². The van der Waals surface area contributed by atoms with Gasteiger partial charge in [0.05, 0.1) is 18.4 Å². The Bertz CT molecular complexity index is 1320. The van der Waals surface area contributed by atoms with Gasteiger partial charge in [-0.25, -0.2) is 9.67 Å². The molecule has 5 rings (SSSR count). The number of fused-ring (bicyclic) bond motifs is 1. The van der Waals surface area contributed by atoms with Crippen molar-refractivity contribution in [1.82, 2.24) is 19.2 Å². The molecule has 32 heavy (non-hydrogen) atoms. The molecule has 0 bridgehead atoms. The van der Waals surface area contributed by atoms with E-state index in [-0.39, 0.29) is 5.91 Å². The van der Waals surface area contributed by atoms with Gasteiger partial charge in [0.15, 0.2) is 0 Å². The number of amides is 1. The first-order chi connectivity index (χ1) is 15.7. The number of imidazole rings is 1. The summed E-state index contributed by atoms with van der Waals surface area (Å²) in [6.45, 7) is 0.891. The number of anilines is 1. The summed E-state index contributed by atoms with van der Waals surface area (Å²) in [5.74, 6) is 1.01. The molecule has 3 aromatic heterocycles. The highest BCUT2D eigenvalue weighted by Crippen LogP contribution is 2.18. The van der Waals surface area contributed by atoms with Crippen molar-refractivity contribution in [2.75, 3.05) is 5.32 Å². The van der Waals surface area contributed by atoms with Crippen LogP contribution in [-0.2, 0) is 13.2 Å². The van der Waals surface area contributed by atoms with E-state index in [2.05, 4.69) is 15.4 Å². The SMILES string of the molecule is O=C(Nc1ccnn1Cc1ccccc1)c1cccc(OCc2cn3ccccc3n2)c1. The number of rotatable bonds is 7. The monoisotopic (exact) mass is 423 g/mol. The lowest BCUT2D eigenvalue weighted by Crippen LogP contribution is -2.16. The quantitative estimate of drug-likeness (QED) is 0.421. The van der Waals surface area contributed by atoms with E-state index in [0.29, 0.717) is 30.3 Å². The first-order valence-electron chi connectivity index (χ1n) is 10.3. The Hall–Kier alpha value is -4.39. The lowest BCUT2D eigenvalue weighted by atomic mass is 10.2. The standard InChI is InChI=1S/C25H21N5O2/c31-25(28-24-12-13-26-30(24)16-19-7-2-1-3-8-19)20-9-6-10-22(15-20)32-18-21-17-29-14-5-4-11-23(29)27-21/h1-15,17H,16,18H2,(H,28,31). The highest BCUT2D eigenvalue weighted by Gasteiger charge is 2.11. The second-order valence-corrected chi connectivity index (χ2v) is 7.33. The molecule has 2 aromatic carbocycles. The molecule has 7 nitrogen and oxygen atoms in total. The zero-order valence-electron chi connectivity index (χ0n) is 17.3. The van der Waals surface area contributed by atoms with Crippen molar-refractivity contribution in [3.63, 3.8) is 0 Å². The second-order valence-electron chi connectivity index (χ2n) is 7.33. The van der Waals surface area contributed by atoms with Gasteiger partial charge in [0, 0.05) is 24.0 Å². The normalized spacial score (nSPS) is 10.9. The molecule has 0 saturated heterocycles. The summed E-state index contributed by atoms with van der Waals surface area (Å²) in [5, 5.41) is 7.26. The van der Waals surface area contributed by atoms with Crippen LogP contribution in [0.3, 0.4) is 0 Å².